The second-order valence-corrected chi connectivity index (χ2v) is 21.7. The van der Waals surface area contributed by atoms with Crippen LogP contribution in [-0.4, -0.2) is 100 Å². The maximum atomic E-state index is 13.0. The fourth-order valence-corrected chi connectivity index (χ4v) is 9.62. The number of esters is 1. The van der Waals surface area contributed by atoms with Crippen LogP contribution >= 0.6 is 0 Å². The van der Waals surface area contributed by atoms with Crippen LogP contribution in [0.5, 0.6) is 0 Å². The highest BCUT2D eigenvalue weighted by Crippen LogP contribution is 2.23. The summed E-state index contributed by atoms with van der Waals surface area (Å²) in [5.41, 5.74) is 0. The summed E-state index contributed by atoms with van der Waals surface area (Å²) in [5.74, 6) is -0.215. The molecule has 1 amide bonds. The molecule has 7 unspecified atom stereocenters. The van der Waals surface area contributed by atoms with Crippen molar-refractivity contribution in [2.75, 3.05) is 19.8 Å². The zero-order chi connectivity index (χ0) is 54.5. The summed E-state index contributed by atoms with van der Waals surface area (Å²) >= 11 is 0. The molecule has 1 aliphatic rings. The third kappa shape index (κ3) is 43.2. The molecule has 6 N–H and O–H groups in total. The average molecular weight is 1060 g/mol. The van der Waals surface area contributed by atoms with Gasteiger partial charge in [0.2, 0.25) is 5.91 Å². The van der Waals surface area contributed by atoms with Gasteiger partial charge in [0.1, 0.15) is 24.4 Å². The lowest BCUT2D eigenvalue weighted by molar-refractivity contribution is -0.302. The van der Waals surface area contributed by atoms with Crippen LogP contribution in [0.2, 0.25) is 0 Å². The predicted molar refractivity (Wildman–Crippen MR) is 310 cm³/mol. The number of aliphatic hydroxyl groups is 5. The first-order chi connectivity index (χ1) is 36.7. The number of aliphatic hydroxyl groups excluding tert-OH is 5. The van der Waals surface area contributed by atoms with E-state index in [1.54, 1.807) is 6.08 Å². The smallest absolute Gasteiger partial charge is 0.305 e. The molecular formula is C64H117NO10. The number of nitrogens with one attached hydrogen (secondary N) is 1. The number of amides is 1. The fraction of sp³-hybridized carbons (Fsp3) is 0.844. The van der Waals surface area contributed by atoms with Crippen molar-refractivity contribution in [3.8, 4) is 0 Å². The Morgan fingerprint density at radius 3 is 1.35 bits per heavy atom. The van der Waals surface area contributed by atoms with Crippen LogP contribution in [0, 0.1) is 0 Å². The van der Waals surface area contributed by atoms with Crippen molar-refractivity contribution in [2.24, 2.45) is 0 Å². The van der Waals surface area contributed by atoms with E-state index in [4.69, 9.17) is 14.2 Å². The minimum atomic E-state index is -1.58. The molecule has 0 saturated carbocycles. The van der Waals surface area contributed by atoms with Gasteiger partial charge in [-0.1, -0.05) is 223 Å². The zero-order valence-electron chi connectivity index (χ0n) is 48.3. The van der Waals surface area contributed by atoms with Crippen LogP contribution in [0.1, 0.15) is 284 Å². The number of allylic oxidation sites excluding steroid dienone is 7. The van der Waals surface area contributed by atoms with Crippen molar-refractivity contribution in [1.82, 2.24) is 5.32 Å². The molecule has 11 nitrogen and oxygen atoms in total. The van der Waals surface area contributed by atoms with E-state index >= 15 is 0 Å². The Kier molecular flexibility index (Phi) is 50.5. The van der Waals surface area contributed by atoms with E-state index in [0.717, 1.165) is 77.0 Å². The van der Waals surface area contributed by atoms with Gasteiger partial charge in [-0.05, 0) is 96.3 Å². The molecule has 0 aromatic heterocycles. The lowest BCUT2D eigenvalue weighted by Gasteiger charge is -2.40. The summed E-state index contributed by atoms with van der Waals surface area (Å²) < 4.78 is 16.7. The van der Waals surface area contributed by atoms with Crippen LogP contribution in [-0.2, 0) is 23.8 Å². The monoisotopic (exact) mass is 1060 g/mol. The van der Waals surface area contributed by atoms with Crippen molar-refractivity contribution in [2.45, 2.75) is 326 Å². The molecule has 0 spiro atoms. The van der Waals surface area contributed by atoms with Crippen LogP contribution in [0.3, 0.4) is 0 Å². The van der Waals surface area contributed by atoms with E-state index in [2.05, 4.69) is 55.6 Å². The molecule has 1 heterocycles. The molecule has 0 radical (unpaired) electrons. The van der Waals surface area contributed by atoms with E-state index in [9.17, 15) is 35.1 Å². The highest BCUT2D eigenvalue weighted by atomic mass is 16.7. The first-order valence-corrected chi connectivity index (χ1v) is 31.4. The molecular weight excluding hydrogens is 943 g/mol. The Balaban J connectivity index is 2.00. The summed E-state index contributed by atoms with van der Waals surface area (Å²) in [6, 6.07) is -0.833. The molecule has 1 rings (SSSR count). The summed E-state index contributed by atoms with van der Waals surface area (Å²) in [4.78, 5) is 25.1. The Labute approximate surface area is 459 Å². The van der Waals surface area contributed by atoms with E-state index in [1.165, 1.54) is 180 Å². The van der Waals surface area contributed by atoms with E-state index in [0.29, 0.717) is 19.4 Å². The third-order valence-corrected chi connectivity index (χ3v) is 14.6. The second kappa shape index (κ2) is 53.6. The second-order valence-electron chi connectivity index (χ2n) is 21.7. The van der Waals surface area contributed by atoms with Gasteiger partial charge in [0.25, 0.3) is 0 Å². The Morgan fingerprint density at radius 1 is 0.480 bits per heavy atom. The predicted octanol–water partition coefficient (Wildman–Crippen LogP) is 14.8. The number of rotatable bonds is 54. The molecule has 75 heavy (non-hydrogen) atoms. The van der Waals surface area contributed by atoms with Crippen molar-refractivity contribution in [1.29, 1.82) is 0 Å². The fourth-order valence-electron chi connectivity index (χ4n) is 9.62. The van der Waals surface area contributed by atoms with Crippen LogP contribution in [0.25, 0.3) is 0 Å². The van der Waals surface area contributed by atoms with Gasteiger partial charge in [-0.2, -0.15) is 0 Å². The van der Waals surface area contributed by atoms with Gasteiger partial charge in [0.15, 0.2) is 6.29 Å². The molecule has 1 aliphatic heterocycles. The molecule has 7 atom stereocenters. The lowest BCUT2D eigenvalue weighted by Crippen LogP contribution is -2.60. The highest BCUT2D eigenvalue weighted by molar-refractivity contribution is 5.76. The summed E-state index contributed by atoms with van der Waals surface area (Å²) in [6.07, 6.45) is 58.0. The molecule has 1 saturated heterocycles. The first kappa shape index (κ1) is 70.6. The zero-order valence-corrected chi connectivity index (χ0v) is 48.3. The number of hydrogen-bond donors (Lipinski definition) is 6. The maximum absolute atomic E-state index is 13.0. The summed E-state index contributed by atoms with van der Waals surface area (Å²) in [7, 11) is 0. The first-order valence-electron chi connectivity index (χ1n) is 31.4. The van der Waals surface area contributed by atoms with Crippen molar-refractivity contribution in [3.05, 3.63) is 48.6 Å². The van der Waals surface area contributed by atoms with Crippen LogP contribution in [0.15, 0.2) is 48.6 Å². The van der Waals surface area contributed by atoms with Crippen molar-refractivity contribution >= 4 is 11.9 Å². The van der Waals surface area contributed by atoms with Crippen LogP contribution < -0.4 is 5.32 Å². The van der Waals surface area contributed by atoms with E-state index < -0.39 is 49.5 Å². The number of hydrogen-bond acceptors (Lipinski definition) is 10. The topological polar surface area (TPSA) is 175 Å². The quantitative estimate of drug-likeness (QED) is 0.0195. The van der Waals surface area contributed by atoms with Crippen molar-refractivity contribution in [3.63, 3.8) is 0 Å². The molecule has 1 fully saturated rings. The largest absolute Gasteiger partial charge is 0.466 e. The maximum Gasteiger partial charge on any atom is 0.305 e. The molecule has 0 aromatic rings. The number of unbranched alkanes of at least 4 members (excludes halogenated alkanes) is 34. The molecule has 0 aromatic carbocycles. The number of ether oxygens (including phenoxy) is 3. The SMILES string of the molecule is CCCCC/C=C/CC/C=C/C(O)C(COC1OC(CO)C(O)C(O)C1O)NC(=O)CCCCCCCCC/C=C\CCCCCCCCCCCOC(=O)CCCCCCCCC/C=C\CCCCCCCCC. The van der Waals surface area contributed by atoms with Crippen LogP contribution in [0.4, 0.5) is 0 Å². The van der Waals surface area contributed by atoms with E-state index in [-0.39, 0.29) is 18.5 Å². The lowest BCUT2D eigenvalue weighted by atomic mass is 9.99. The number of carbonyl (C=O) groups excluding carboxylic acids is 2. The van der Waals surface area contributed by atoms with E-state index in [1.807, 2.05) is 6.08 Å². The van der Waals surface area contributed by atoms with Gasteiger partial charge in [-0.25, -0.2) is 0 Å². The van der Waals surface area contributed by atoms with Gasteiger partial charge in [-0.15, -0.1) is 0 Å². The Morgan fingerprint density at radius 2 is 0.867 bits per heavy atom. The molecule has 0 bridgehead atoms. The van der Waals surface area contributed by atoms with Crippen molar-refractivity contribution < 1.29 is 49.3 Å². The standard InChI is InChI=1S/C64H117NO10/c1-3-5-7-9-11-13-14-15-16-17-23-26-29-32-36-40-44-48-52-60(69)73-53-49-45-41-37-33-30-27-24-21-19-18-20-22-25-28-31-35-39-43-47-51-59(68)65-56(57(67)50-46-42-38-34-12-10-8-6-4-2)55-74-64-63(72)62(71)61(70)58(54-66)75-64/h12,16-18,20,34,46,50,56-58,61-64,66-67,70-72H,3-11,13-15,19,21-33,35-45,47-49,51-55H2,1-2H3,(H,65,68)/b17-16-,20-18-,34-12+,50-46+. The van der Waals surface area contributed by atoms with Gasteiger partial charge in [0.05, 0.1) is 32.0 Å². The number of carbonyl (C=O) groups is 2. The Hall–Kier alpha value is -2.38. The third-order valence-electron chi connectivity index (χ3n) is 14.6. The van der Waals surface area contributed by atoms with Gasteiger partial charge in [-0.3, -0.25) is 9.59 Å². The van der Waals surface area contributed by atoms with Gasteiger partial charge in [0, 0.05) is 12.8 Å². The summed E-state index contributed by atoms with van der Waals surface area (Å²) in [6.45, 7) is 4.26. The normalized spacial score (nSPS) is 19.1. The van der Waals surface area contributed by atoms with Gasteiger partial charge >= 0.3 is 5.97 Å². The average Bonchev–Trinajstić information content (AvgIpc) is 3.41. The molecule has 0 aliphatic carbocycles. The summed E-state index contributed by atoms with van der Waals surface area (Å²) in [5, 5.41) is 54.2. The minimum absolute atomic E-state index is 0.0116. The highest BCUT2D eigenvalue weighted by Gasteiger charge is 2.44. The molecule has 11 heteroatoms. The Bertz CT molecular complexity index is 1390. The molecule has 438 valence electrons. The minimum Gasteiger partial charge on any atom is -0.466 e. The van der Waals surface area contributed by atoms with Gasteiger partial charge < -0.3 is 45.1 Å².